The van der Waals surface area contributed by atoms with Crippen molar-refractivity contribution in [1.29, 1.82) is 0 Å². The van der Waals surface area contributed by atoms with Crippen molar-refractivity contribution in [2.24, 2.45) is 0 Å². The second-order valence-corrected chi connectivity index (χ2v) is 5.14. The zero-order chi connectivity index (χ0) is 14.2. The van der Waals surface area contributed by atoms with Gasteiger partial charge in [0.1, 0.15) is 0 Å². The van der Waals surface area contributed by atoms with Crippen molar-refractivity contribution < 1.29 is 0 Å². The first-order valence-electron chi connectivity index (χ1n) is 7.30. The van der Waals surface area contributed by atoms with Crippen molar-refractivity contribution in [3.8, 4) is 0 Å². The quantitative estimate of drug-likeness (QED) is 0.827. The van der Waals surface area contributed by atoms with Gasteiger partial charge in [-0.05, 0) is 30.3 Å². The van der Waals surface area contributed by atoms with Crippen molar-refractivity contribution in [3.63, 3.8) is 0 Å². The summed E-state index contributed by atoms with van der Waals surface area (Å²) in [5, 5.41) is 3.18. The van der Waals surface area contributed by atoms with Crippen molar-refractivity contribution in [1.82, 2.24) is 10.2 Å². The van der Waals surface area contributed by atoms with E-state index >= 15 is 0 Å². The van der Waals surface area contributed by atoms with E-state index in [4.69, 9.17) is 0 Å². The fourth-order valence-electron chi connectivity index (χ4n) is 2.35. The Morgan fingerprint density at radius 2 is 1.35 bits per heavy atom. The van der Waals surface area contributed by atoms with Crippen molar-refractivity contribution >= 4 is 0 Å². The van der Waals surface area contributed by atoms with Crippen LogP contribution in [0.1, 0.15) is 23.6 Å². The highest BCUT2D eigenvalue weighted by Crippen LogP contribution is 2.11. The minimum atomic E-state index is 0.932. The Hall–Kier alpha value is -1.64. The van der Waals surface area contributed by atoms with E-state index in [-0.39, 0.29) is 0 Å². The zero-order valence-electron chi connectivity index (χ0n) is 12.5. The summed E-state index contributed by atoms with van der Waals surface area (Å²) >= 11 is 0. The largest absolute Gasteiger partial charge is 0.316 e. The first kappa shape index (κ1) is 14.8. The summed E-state index contributed by atoms with van der Waals surface area (Å²) in [7, 11) is 1.98. The highest BCUT2D eigenvalue weighted by molar-refractivity contribution is 5.22. The Labute approximate surface area is 122 Å². The van der Waals surface area contributed by atoms with Gasteiger partial charge in [-0.2, -0.15) is 0 Å². The zero-order valence-corrected chi connectivity index (χ0v) is 12.5. The van der Waals surface area contributed by atoms with E-state index in [1.807, 2.05) is 7.05 Å². The molecule has 20 heavy (non-hydrogen) atoms. The third kappa shape index (κ3) is 4.48. The van der Waals surface area contributed by atoms with Gasteiger partial charge < -0.3 is 5.32 Å². The molecule has 0 atom stereocenters. The minimum Gasteiger partial charge on any atom is -0.316 e. The van der Waals surface area contributed by atoms with Crippen LogP contribution in [-0.4, -0.2) is 18.5 Å². The van der Waals surface area contributed by atoms with E-state index in [0.717, 1.165) is 26.2 Å². The molecule has 0 heterocycles. The molecule has 2 nitrogen and oxygen atoms in total. The summed E-state index contributed by atoms with van der Waals surface area (Å²) in [4.78, 5) is 2.46. The topological polar surface area (TPSA) is 15.3 Å². The predicted octanol–water partition coefficient (Wildman–Crippen LogP) is 3.43. The van der Waals surface area contributed by atoms with E-state index in [1.54, 1.807) is 0 Å². The number of nitrogens with zero attached hydrogens (tertiary/aromatic N) is 1. The Morgan fingerprint density at radius 3 is 1.90 bits per heavy atom. The van der Waals surface area contributed by atoms with Gasteiger partial charge in [-0.3, -0.25) is 4.90 Å². The summed E-state index contributed by atoms with van der Waals surface area (Å²) < 4.78 is 0. The SMILES string of the molecule is CCN(Cc1ccccc1)Cc1ccc(CNC)cc1. The van der Waals surface area contributed by atoms with Gasteiger partial charge in [0.2, 0.25) is 0 Å². The second kappa shape index (κ2) is 7.83. The molecular weight excluding hydrogens is 244 g/mol. The number of rotatable bonds is 7. The van der Waals surface area contributed by atoms with Crippen LogP contribution in [0.4, 0.5) is 0 Å². The van der Waals surface area contributed by atoms with Crippen LogP contribution in [0.3, 0.4) is 0 Å². The number of hydrogen-bond acceptors (Lipinski definition) is 2. The average Bonchev–Trinajstić information content (AvgIpc) is 2.50. The molecular formula is C18H24N2. The fraction of sp³-hybridized carbons (Fsp3) is 0.333. The molecule has 2 heteroatoms. The van der Waals surface area contributed by atoms with Gasteiger partial charge in [0.05, 0.1) is 0 Å². The molecule has 106 valence electrons. The molecule has 2 rings (SSSR count). The third-order valence-electron chi connectivity index (χ3n) is 3.51. The maximum atomic E-state index is 3.18. The first-order valence-corrected chi connectivity index (χ1v) is 7.30. The molecule has 0 fully saturated rings. The Bertz CT molecular complexity index is 491. The summed E-state index contributed by atoms with van der Waals surface area (Å²) in [6, 6.07) is 19.6. The van der Waals surface area contributed by atoms with Crippen LogP contribution < -0.4 is 5.32 Å². The number of benzene rings is 2. The molecule has 0 saturated carbocycles. The van der Waals surface area contributed by atoms with Crippen LogP contribution in [0, 0.1) is 0 Å². The fourth-order valence-corrected chi connectivity index (χ4v) is 2.35. The Kier molecular flexibility index (Phi) is 5.78. The Balaban J connectivity index is 1.95. The Morgan fingerprint density at radius 1 is 0.800 bits per heavy atom. The van der Waals surface area contributed by atoms with Crippen molar-refractivity contribution in [2.45, 2.75) is 26.6 Å². The maximum absolute atomic E-state index is 3.18. The van der Waals surface area contributed by atoms with Gasteiger partial charge in [-0.25, -0.2) is 0 Å². The van der Waals surface area contributed by atoms with Crippen LogP contribution in [0.25, 0.3) is 0 Å². The smallest absolute Gasteiger partial charge is 0.0237 e. The lowest BCUT2D eigenvalue weighted by Gasteiger charge is -2.20. The molecule has 0 spiro atoms. The van der Waals surface area contributed by atoms with E-state index in [1.165, 1.54) is 16.7 Å². The first-order chi connectivity index (χ1) is 9.81. The molecule has 0 aromatic heterocycles. The molecule has 0 saturated heterocycles. The summed E-state index contributed by atoms with van der Waals surface area (Å²) in [6.07, 6.45) is 0. The van der Waals surface area contributed by atoms with E-state index < -0.39 is 0 Å². The van der Waals surface area contributed by atoms with Crippen molar-refractivity contribution in [3.05, 3.63) is 71.3 Å². The molecule has 2 aromatic carbocycles. The van der Waals surface area contributed by atoms with Crippen LogP contribution in [0.5, 0.6) is 0 Å². The van der Waals surface area contributed by atoms with E-state index in [2.05, 4.69) is 71.7 Å². The van der Waals surface area contributed by atoms with Crippen molar-refractivity contribution in [2.75, 3.05) is 13.6 Å². The second-order valence-electron chi connectivity index (χ2n) is 5.14. The van der Waals surface area contributed by atoms with Gasteiger partial charge in [0, 0.05) is 19.6 Å². The molecule has 0 unspecified atom stereocenters. The highest BCUT2D eigenvalue weighted by Gasteiger charge is 2.04. The van der Waals surface area contributed by atoms with Gasteiger partial charge in [0.15, 0.2) is 0 Å². The lowest BCUT2D eigenvalue weighted by Crippen LogP contribution is -2.22. The monoisotopic (exact) mass is 268 g/mol. The standard InChI is InChI=1S/C18H24N2/c1-3-20(14-17-7-5-4-6-8-17)15-18-11-9-16(10-12-18)13-19-2/h4-12,19H,3,13-15H2,1-2H3. The number of nitrogens with one attached hydrogen (secondary N) is 1. The third-order valence-corrected chi connectivity index (χ3v) is 3.51. The summed E-state index contributed by atoms with van der Waals surface area (Å²) in [5.74, 6) is 0. The molecule has 0 bridgehead atoms. The van der Waals surface area contributed by atoms with Crippen LogP contribution in [0.15, 0.2) is 54.6 Å². The van der Waals surface area contributed by atoms with E-state index in [0.29, 0.717) is 0 Å². The average molecular weight is 268 g/mol. The molecule has 1 N–H and O–H groups in total. The highest BCUT2D eigenvalue weighted by atomic mass is 15.1. The molecule has 2 aromatic rings. The van der Waals surface area contributed by atoms with Gasteiger partial charge in [0.25, 0.3) is 0 Å². The molecule has 0 aliphatic carbocycles. The maximum Gasteiger partial charge on any atom is 0.0237 e. The van der Waals surface area contributed by atoms with Crippen LogP contribution >= 0.6 is 0 Å². The summed E-state index contributed by atoms with van der Waals surface area (Å²) in [6.45, 7) is 6.23. The predicted molar refractivity (Wildman–Crippen MR) is 85.4 cm³/mol. The number of hydrogen-bond donors (Lipinski definition) is 1. The lowest BCUT2D eigenvalue weighted by molar-refractivity contribution is 0.271. The normalized spacial score (nSPS) is 10.9. The van der Waals surface area contributed by atoms with E-state index in [9.17, 15) is 0 Å². The molecule has 0 amide bonds. The van der Waals surface area contributed by atoms with Gasteiger partial charge in [-0.15, -0.1) is 0 Å². The van der Waals surface area contributed by atoms with Gasteiger partial charge >= 0.3 is 0 Å². The lowest BCUT2D eigenvalue weighted by atomic mass is 10.1. The summed E-state index contributed by atoms with van der Waals surface area (Å²) in [5.41, 5.74) is 4.09. The van der Waals surface area contributed by atoms with Crippen LogP contribution in [-0.2, 0) is 19.6 Å². The van der Waals surface area contributed by atoms with Gasteiger partial charge in [-0.1, -0.05) is 61.5 Å². The minimum absolute atomic E-state index is 0.932. The molecule has 0 aliphatic heterocycles. The van der Waals surface area contributed by atoms with Crippen LogP contribution in [0.2, 0.25) is 0 Å². The molecule has 0 radical (unpaired) electrons. The molecule has 0 aliphatic rings.